The van der Waals surface area contributed by atoms with E-state index in [1.807, 2.05) is 0 Å². The highest BCUT2D eigenvalue weighted by molar-refractivity contribution is 5.21. The van der Waals surface area contributed by atoms with Crippen LogP contribution in [0.4, 0.5) is 0 Å². The van der Waals surface area contributed by atoms with Crippen LogP contribution in [-0.2, 0) is 0 Å². The normalized spacial score (nSPS) is 8.38. The highest BCUT2D eigenvalue weighted by Gasteiger charge is 1.86. The number of aromatic nitrogens is 2. The van der Waals surface area contributed by atoms with E-state index in [2.05, 4.69) is 11.0 Å². The van der Waals surface area contributed by atoms with Crippen LogP contribution in [0.3, 0.4) is 0 Å². The zero-order valence-electron chi connectivity index (χ0n) is 4.20. The van der Waals surface area contributed by atoms with Gasteiger partial charge in [0.05, 0.1) is 0 Å². The molecule has 0 spiro atoms. The van der Waals surface area contributed by atoms with E-state index < -0.39 is 0 Å². The fourth-order valence-corrected chi connectivity index (χ4v) is 0.415. The molecule has 0 aliphatic carbocycles. The molecule has 0 aromatic carbocycles. The first kappa shape index (κ1) is 4.72. The third-order valence-corrected chi connectivity index (χ3v) is 0.756. The molecule has 8 heavy (non-hydrogen) atoms. The van der Waals surface area contributed by atoms with Crippen molar-refractivity contribution in [2.75, 3.05) is 5.84 Å². The van der Waals surface area contributed by atoms with Crippen LogP contribution >= 0.6 is 0 Å². The van der Waals surface area contributed by atoms with Crippen LogP contribution in [0.15, 0.2) is 12.3 Å². The molecule has 3 heteroatoms. The van der Waals surface area contributed by atoms with Crippen LogP contribution in [0.1, 0.15) is 5.69 Å². The van der Waals surface area contributed by atoms with Crippen molar-refractivity contribution in [1.82, 2.24) is 9.89 Å². The molecule has 1 aromatic rings. The van der Waals surface area contributed by atoms with Crippen LogP contribution < -0.4 is 5.84 Å². The second-order valence-electron chi connectivity index (χ2n) is 1.33. The summed E-state index contributed by atoms with van der Waals surface area (Å²) in [7, 11) is 0. The summed E-state index contributed by atoms with van der Waals surface area (Å²) in [6, 6.07) is 1.67. The SMILES string of the molecule is C#Cc1ccn(N)n1. The molecule has 2 N–H and O–H groups in total. The summed E-state index contributed by atoms with van der Waals surface area (Å²) >= 11 is 0. The zero-order chi connectivity index (χ0) is 5.98. The standard InChI is InChI=1S/C5H5N3/c1-2-5-3-4-8(6)7-5/h1,3-4H,6H2. The molecule has 40 valence electrons. The maximum Gasteiger partial charge on any atom is 0.137 e. The molecule has 1 aromatic heterocycles. The summed E-state index contributed by atoms with van der Waals surface area (Å²) < 4.78 is 0. The van der Waals surface area contributed by atoms with E-state index in [0.717, 1.165) is 0 Å². The van der Waals surface area contributed by atoms with Crippen LogP contribution in [0.5, 0.6) is 0 Å². The minimum absolute atomic E-state index is 0.563. The highest BCUT2D eigenvalue weighted by atomic mass is 15.5. The number of hydrogen-bond acceptors (Lipinski definition) is 2. The first-order chi connectivity index (χ1) is 3.83. The van der Waals surface area contributed by atoms with Crippen LogP contribution in [0.2, 0.25) is 0 Å². The van der Waals surface area contributed by atoms with E-state index in [-0.39, 0.29) is 0 Å². The van der Waals surface area contributed by atoms with Crippen LogP contribution in [-0.4, -0.2) is 9.89 Å². The number of nitrogens with zero attached hydrogens (tertiary/aromatic N) is 2. The molecule has 0 atom stereocenters. The van der Waals surface area contributed by atoms with Crippen molar-refractivity contribution in [3.05, 3.63) is 18.0 Å². The van der Waals surface area contributed by atoms with Gasteiger partial charge in [-0.3, -0.25) is 0 Å². The molecular formula is C5H5N3. The van der Waals surface area contributed by atoms with Gasteiger partial charge in [0.2, 0.25) is 0 Å². The van der Waals surface area contributed by atoms with E-state index in [4.69, 9.17) is 12.3 Å². The van der Waals surface area contributed by atoms with E-state index in [1.165, 1.54) is 4.79 Å². The van der Waals surface area contributed by atoms with Crippen molar-refractivity contribution in [3.8, 4) is 12.3 Å². The maximum absolute atomic E-state index is 5.16. The van der Waals surface area contributed by atoms with Gasteiger partial charge in [0.1, 0.15) is 5.69 Å². The maximum atomic E-state index is 5.16. The average Bonchev–Trinajstić information content (AvgIpc) is 2.14. The molecule has 0 aliphatic heterocycles. The molecule has 0 amide bonds. The lowest BCUT2D eigenvalue weighted by atomic mass is 10.5. The van der Waals surface area contributed by atoms with Crippen LogP contribution in [0.25, 0.3) is 0 Å². The van der Waals surface area contributed by atoms with Gasteiger partial charge in [0.15, 0.2) is 0 Å². The number of rotatable bonds is 0. The number of nitrogens with two attached hydrogens (primary N) is 1. The molecule has 0 aliphatic rings. The van der Waals surface area contributed by atoms with Crippen molar-refractivity contribution in [1.29, 1.82) is 0 Å². The van der Waals surface area contributed by atoms with Gasteiger partial charge in [-0.15, -0.1) is 11.5 Å². The Hall–Kier alpha value is -1.43. The van der Waals surface area contributed by atoms with Crippen molar-refractivity contribution in [2.24, 2.45) is 0 Å². The molecule has 0 unspecified atom stereocenters. The second-order valence-corrected chi connectivity index (χ2v) is 1.33. The Balaban J connectivity index is 3.05. The van der Waals surface area contributed by atoms with Gasteiger partial charge in [0, 0.05) is 6.20 Å². The van der Waals surface area contributed by atoms with Gasteiger partial charge in [0.25, 0.3) is 0 Å². The third-order valence-electron chi connectivity index (χ3n) is 0.756. The molecule has 0 bridgehead atoms. The second kappa shape index (κ2) is 1.58. The topological polar surface area (TPSA) is 43.8 Å². The Kier molecular flexibility index (Phi) is 0.935. The Morgan fingerprint density at radius 3 is 2.88 bits per heavy atom. The number of nitrogen functional groups attached to an aromatic ring is 1. The number of terminal acetylenes is 1. The molecule has 0 radical (unpaired) electrons. The van der Waals surface area contributed by atoms with Gasteiger partial charge in [-0.2, -0.15) is 4.79 Å². The fraction of sp³-hybridized carbons (Fsp3) is 0. The third kappa shape index (κ3) is 0.636. The van der Waals surface area contributed by atoms with Crippen LogP contribution in [0, 0.1) is 12.3 Å². The molecule has 0 saturated carbocycles. The van der Waals surface area contributed by atoms with Crippen molar-refractivity contribution in [2.45, 2.75) is 0 Å². The predicted octanol–water partition coefficient (Wildman–Crippen LogP) is -0.422. The van der Waals surface area contributed by atoms with Crippen molar-refractivity contribution in [3.63, 3.8) is 0 Å². The minimum Gasteiger partial charge on any atom is -0.323 e. The summed E-state index contributed by atoms with van der Waals surface area (Å²) in [5.41, 5.74) is 0.563. The van der Waals surface area contributed by atoms with E-state index in [1.54, 1.807) is 12.3 Å². The van der Waals surface area contributed by atoms with Crippen molar-refractivity contribution < 1.29 is 0 Å². The Morgan fingerprint density at radius 2 is 2.62 bits per heavy atom. The van der Waals surface area contributed by atoms with Crippen molar-refractivity contribution >= 4 is 0 Å². The highest BCUT2D eigenvalue weighted by Crippen LogP contribution is 1.86. The minimum atomic E-state index is 0.563. The predicted molar refractivity (Wildman–Crippen MR) is 30.3 cm³/mol. The molecule has 1 rings (SSSR count). The fourth-order valence-electron chi connectivity index (χ4n) is 0.415. The zero-order valence-corrected chi connectivity index (χ0v) is 4.20. The molecule has 1 heterocycles. The van der Waals surface area contributed by atoms with E-state index in [0.29, 0.717) is 5.69 Å². The molecular weight excluding hydrogens is 102 g/mol. The first-order valence-corrected chi connectivity index (χ1v) is 2.10. The Morgan fingerprint density at radius 1 is 1.88 bits per heavy atom. The quantitative estimate of drug-likeness (QED) is 0.361. The lowest BCUT2D eigenvalue weighted by molar-refractivity contribution is 0.827. The van der Waals surface area contributed by atoms with Gasteiger partial charge in [-0.05, 0) is 12.0 Å². The summed E-state index contributed by atoms with van der Waals surface area (Å²) in [4.78, 5) is 1.18. The summed E-state index contributed by atoms with van der Waals surface area (Å²) in [5.74, 6) is 7.50. The summed E-state index contributed by atoms with van der Waals surface area (Å²) in [5, 5.41) is 3.69. The molecule has 0 fully saturated rings. The smallest absolute Gasteiger partial charge is 0.137 e. The molecule has 0 saturated heterocycles. The lowest BCUT2D eigenvalue weighted by Gasteiger charge is -1.80. The first-order valence-electron chi connectivity index (χ1n) is 2.10. The Labute approximate surface area is 47.1 Å². The van der Waals surface area contributed by atoms with Gasteiger partial charge >= 0.3 is 0 Å². The molecule has 3 nitrogen and oxygen atoms in total. The monoisotopic (exact) mass is 107 g/mol. The lowest BCUT2D eigenvalue weighted by Crippen LogP contribution is -2.07. The summed E-state index contributed by atoms with van der Waals surface area (Å²) in [6.07, 6.45) is 6.57. The van der Waals surface area contributed by atoms with Gasteiger partial charge in [-0.25, -0.2) is 0 Å². The average molecular weight is 107 g/mol. The van der Waals surface area contributed by atoms with Gasteiger partial charge < -0.3 is 5.84 Å². The number of hydrogen-bond donors (Lipinski definition) is 1. The van der Waals surface area contributed by atoms with E-state index in [9.17, 15) is 0 Å². The van der Waals surface area contributed by atoms with Gasteiger partial charge in [-0.1, -0.05) is 0 Å². The Bertz CT molecular complexity index is 218. The van der Waals surface area contributed by atoms with E-state index >= 15 is 0 Å². The summed E-state index contributed by atoms with van der Waals surface area (Å²) in [6.45, 7) is 0. The largest absolute Gasteiger partial charge is 0.323 e.